The van der Waals surface area contributed by atoms with Gasteiger partial charge in [0, 0.05) is 50.7 Å². The van der Waals surface area contributed by atoms with Crippen LogP contribution in [-0.4, -0.2) is 66.4 Å². The first-order valence-electron chi connectivity index (χ1n) is 11.5. The van der Waals surface area contributed by atoms with Gasteiger partial charge in [-0.15, -0.1) is 0 Å². The molecule has 0 radical (unpaired) electrons. The topological polar surface area (TPSA) is 59.8 Å². The summed E-state index contributed by atoms with van der Waals surface area (Å²) in [5, 5.41) is 0. The highest BCUT2D eigenvalue weighted by atomic mass is 16.5. The Morgan fingerprint density at radius 2 is 1.84 bits per heavy atom. The van der Waals surface area contributed by atoms with Gasteiger partial charge >= 0.3 is 0 Å². The van der Waals surface area contributed by atoms with Crippen LogP contribution in [-0.2, 0) is 16.1 Å². The van der Waals surface area contributed by atoms with Crippen LogP contribution in [0.5, 0.6) is 5.75 Å². The van der Waals surface area contributed by atoms with Gasteiger partial charge in [-0.3, -0.25) is 9.69 Å². The van der Waals surface area contributed by atoms with Crippen LogP contribution in [0.1, 0.15) is 25.1 Å². The fraction of sp³-hybridized carbons (Fsp3) is 0.440. The summed E-state index contributed by atoms with van der Waals surface area (Å²) < 4.78 is 13.3. The maximum Gasteiger partial charge on any atom is 0.227 e. The second-order valence-corrected chi connectivity index (χ2v) is 8.40. The van der Waals surface area contributed by atoms with Gasteiger partial charge in [0.25, 0.3) is 0 Å². The Bertz CT molecular complexity index is 1070. The van der Waals surface area contributed by atoms with Gasteiger partial charge in [-0.25, -0.2) is 4.98 Å². The molecule has 0 spiro atoms. The quantitative estimate of drug-likeness (QED) is 0.571. The third-order valence-corrected chi connectivity index (χ3v) is 6.38. The number of aromatic nitrogens is 2. The van der Waals surface area contributed by atoms with E-state index in [-0.39, 0.29) is 11.8 Å². The molecular formula is C25H30N4O3. The molecule has 3 aromatic rings. The number of anilines is 1. The zero-order valence-electron chi connectivity index (χ0n) is 18.6. The first kappa shape index (κ1) is 21.0. The van der Waals surface area contributed by atoms with Crippen LogP contribution < -0.4 is 9.64 Å². The van der Waals surface area contributed by atoms with Crippen molar-refractivity contribution >= 4 is 22.6 Å². The largest absolute Gasteiger partial charge is 0.494 e. The van der Waals surface area contributed by atoms with Crippen molar-refractivity contribution in [3.05, 3.63) is 54.4 Å². The second-order valence-electron chi connectivity index (χ2n) is 8.40. The summed E-state index contributed by atoms with van der Waals surface area (Å²) in [6.07, 6.45) is 0.480. The van der Waals surface area contributed by atoms with Gasteiger partial charge < -0.3 is 18.9 Å². The molecule has 32 heavy (non-hydrogen) atoms. The minimum atomic E-state index is 0.0751. The second kappa shape index (κ2) is 9.30. The Hall–Kier alpha value is -2.90. The predicted octanol–water partition coefficient (Wildman–Crippen LogP) is 3.29. The molecule has 0 unspecified atom stereocenters. The summed E-state index contributed by atoms with van der Waals surface area (Å²) in [6.45, 7) is 8.60. The number of carbonyl (C=O) groups excluding carboxylic acids is 1. The Morgan fingerprint density at radius 3 is 2.62 bits per heavy atom. The highest BCUT2D eigenvalue weighted by Gasteiger charge is 2.35. The van der Waals surface area contributed by atoms with Crippen LogP contribution in [0.4, 0.5) is 5.69 Å². The van der Waals surface area contributed by atoms with E-state index in [9.17, 15) is 4.79 Å². The molecule has 5 rings (SSSR count). The molecule has 3 heterocycles. The van der Waals surface area contributed by atoms with Gasteiger partial charge in [0.1, 0.15) is 11.6 Å². The van der Waals surface area contributed by atoms with Crippen molar-refractivity contribution in [2.45, 2.75) is 25.8 Å². The van der Waals surface area contributed by atoms with Crippen molar-refractivity contribution in [1.29, 1.82) is 0 Å². The summed E-state index contributed by atoms with van der Waals surface area (Å²) in [5.74, 6) is 2.06. The average molecular weight is 435 g/mol. The molecule has 2 aliphatic heterocycles. The first-order valence-corrected chi connectivity index (χ1v) is 11.5. The van der Waals surface area contributed by atoms with Gasteiger partial charge in [-0.2, -0.15) is 0 Å². The van der Waals surface area contributed by atoms with Gasteiger partial charge in [0.05, 0.1) is 30.9 Å². The fourth-order valence-electron chi connectivity index (χ4n) is 4.73. The monoisotopic (exact) mass is 434 g/mol. The molecular weight excluding hydrogens is 404 g/mol. The molecule has 2 aromatic carbocycles. The number of hydrogen-bond acceptors (Lipinski definition) is 5. The van der Waals surface area contributed by atoms with Crippen LogP contribution in [0, 0.1) is 0 Å². The van der Waals surface area contributed by atoms with Gasteiger partial charge in [0.2, 0.25) is 5.91 Å². The average Bonchev–Trinajstić information content (AvgIpc) is 3.39. The van der Waals surface area contributed by atoms with Gasteiger partial charge in [-0.05, 0) is 43.3 Å². The lowest BCUT2D eigenvalue weighted by atomic mass is 10.1. The summed E-state index contributed by atoms with van der Waals surface area (Å²) in [4.78, 5) is 22.2. The summed E-state index contributed by atoms with van der Waals surface area (Å²) >= 11 is 0. The van der Waals surface area contributed by atoms with Crippen molar-refractivity contribution < 1.29 is 14.3 Å². The number of nitrogens with zero attached hydrogens (tertiary/aromatic N) is 4. The van der Waals surface area contributed by atoms with Crippen LogP contribution in [0.3, 0.4) is 0 Å². The molecule has 2 fully saturated rings. The first-order chi connectivity index (χ1) is 15.7. The van der Waals surface area contributed by atoms with E-state index in [1.165, 1.54) is 0 Å². The van der Waals surface area contributed by atoms with E-state index in [2.05, 4.69) is 27.7 Å². The van der Waals surface area contributed by atoms with E-state index in [0.717, 1.165) is 67.7 Å². The molecule has 2 saturated heterocycles. The smallest absolute Gasteiger partial charge is 0.227 e. The van der Waals surface area contributed by atoms with E-state index in [1.807, 2.05) is 42.2 Å². The van der Waals surface area contributed by atoms with Crippen LogP contribution >= 0.6 is 0 Å². The van der Waals surface area contributed by atoms with Crippen molar-refractivity contribution in [3.8, 4) is 5.75 Å². The number of amides is 1. The van der Waals surface area contributed by atoms with Crippen LogP contribution in [0.2, 0.25) is 0 Å². The Kier molecular flexibility index (Phi) is 6.10. The van der Waals surface area contributed by atoms with E-state index in [0.29, 0.717) is 19.6 Å². The molecule has 1 amide bonds. The van der Waals surface area contributed by atoms with Crippen molar-refractivity contribution in [3.63, 3.8) is 0 Å². The molecule has 1 atom stereocenters. The standard InChI is InChI=1S/C25H30N4O3/c1-2-32-21-9-7-20(8-10-21)29-18-19(17-24(29)30)25-26-22-5-3-4-6-23(22)28(25)12-11-27-13-15-31-16-14-27/h3-10,19H,2,11-18H2,1H3/t19-/m1/s1. The molecule has 1 aromatic heterocycles. The Morgan fingerprint density at radius 1 is 1.06 bits per heavy atom. The van der Waals surface area contributed by atoms with Crippen molar-refractivity contribution in [2.24, 2.45) is 0 Å². The third-order valence-electron chi connectivity index (χ3n) is 6.38. The predicted molar refractivity (Wildman–Crippen MR) is 124 cm³/mol. The summed E-state index contributed by atoms with van der Waals surface area (Å²) in [6, 6.07) is 16.1. The maximum atomic E-state index is 12.9. The number of carbonyl (C=O) groups is 1. The molecule has 168 valence electrons. The van der Waals surface area contributed by atoms with E-state index in [1.54, 1.807) is 0 Å². The number of fused-ring (bicyclic) bond motifs is 1. The number of rotatable bonds is 7. The normalized spacial score (nSPS) is 19.7. The van der Waals surface area contributed by atoms with E-state index < -0.39 is 0 Å². The number of ether oxygens (including phenoxy) is 2. The SMILES string of the molecule is CCOc1ccc(N2C[C@H](c3nc4ccccc4n3CCN3CCOCC3)CC2=O)cc1. The van der Waals surface area contributed by atoms with Crippen LogP contribution in [0.25, 0.3) is 11.0 Å². The lowest BCUT2D eigenvalue weighted by molar-refractivity contribution is -0.117. The Balaban J connectivity index is 1.38. The number of hydrogen-bond donors (Lipinski definition) is 0. The van der Waals surface area contributed by atoms with Crippen LogP contribution in [0.15, 0.2) is 48.5 Å². The molecule has 7 nitrogen and oxygen atoms in total. The minimum Gasteiger partial charge on any atom is -0.494 e. The van der Waals surface area contributed by atoms with E-state index in [4.69, 9.17) is 14.5 Å². The minimum absolute atomic E-state index is 0.0751. The zero-order chi connectivity index (χ0) is 21.9. The highest BCUT2D eigenvalue weighted by Crippen LogP contribution is 2.33. The molecule has 0 bridgehead atoms. The van der Waals surface area contributed by atoms with Gasteiger partial charge in [-0.1, -0.05) is 12.1 Å². The fourth-order valence-corrected chi connectivity index (χ4v) is 4.73. The van der Waals surface area contributed by atoms with E-state index >= 15 is 0 Å². The van der Waals surface area contributed by atoms with Gasteiger partial charge in [0.15, 0.2) is 0 Å². The molecule has 2 aliphatic rings. The lowest BCUT2D eigenvalue weighted by Gasteiger charge is -2.27. The van der Waals surface area contributed by atoms with Crippen molar-refractivity contribution in [2.75, 3.05) is 50.9 Å². The maximum absolute atomic E-state index is 12.9. The van der Waals surface area contributed by atoms with Crippen molar-refractivity contribution in [1.82, 2.24) is 14.5 Å². The Labute approximate surface area is 188 Å². The number of benzene rings is 2. The molecule has 0 saturated carbocycles. The molecule has 0 aliphatic carbocycles. The number of imidazole rings is 1. The number of morpholine rings is 1. The highest BCUT2D eigenvalue weighted by molar-refractivity contribution is 5.96. The number of para-hydroxylation sites is 2. The zero-order valence-corrected chi connectivity index (χ0v) is 18.6. The third kappa shape index (κ3) is 4.23. The molecule has 7 heteroatoms. The summed E-state index contributed by atoms with van der Waals surface area (Å²) in [5.41, 5.74) is 3.05. The summed E-state index contributed by atoms with van der Waals surface area (Å²) in [7, 11) is 0. The molecule has 0 N–H and O–H groups in total. The lowest BCUT2D eigenvalue weighted by Crippen LogP contribution is -2.38.